The first-order valence-electron chi connectivity index (χ1n) is 21.3. The van der Waals surface area contributed by atoms with Gasteiger partial charge in [0.1, 0.15) is 23.2 Å². The standard InChI is InChI=1S/C45H51N11O5/c1-2-18-46-42(59)33-25-47-45(52-41(33)50-38-14-7-29-6-13-37(57)40(29)49-38)48-30-8-10-31(11-9-30)54-19-16-28(17-20-54)26-53-21-23-55(24-22-53)35-5-3-4-32-34(35)27-56(44(32)61)36-12-15-39(58)51-43(36)60/h2-5,7-11,14,25,28,36-37,57H,1,6,12-13,15-24,26-27H2,(H,46,59)(H,51,58,60)(H2,47,48,49,50,52). The van der Waals surface area contributed by atoms with Gasteiger partial charge in [0, 0.05) is 99.7 Å². The molecule has 6 heterocycles. The molecule has 16 nitrogen and oxygen atoms in total. The van der Waals surface area contributed by atoms with Gasteiger partial charge in [-0.1, -0.05) is 18.2 Å². The summed E-state index contributed by atoms with van der Waals surface area (Å²) in [7, 11) is 0. The Morgan fingerprint density at radius 1 is 0.885 bits per heavy atom. The molecule has 2 unspecified atom stereocenters. The van der Waals surface area contributed by atoms with Crippen LogP contribution in [0.5, 0.6) is 0 Å². The Hall–Kier alpha value is -6.39. The predicted molar refractivity (Wildman–Crippen MR) is 231 cm³/mol. The Morgan fingerprint density at radius 2 is 1.69 bits per heavy atom. The van der Waals surface area contributed by atoms with Crippen LogP contribution in [-0.4, -0.2) is 112 Å². The van der Waals surface area contributed by atoms with Crippen LogP contribution in [0.25, 0.3) is 0 Å². The molecule has 1 aliphatic carbocycles. The number of hydrogen-bond acceptors (Lipinski definition) is 13. The van der Waals surface area contributed by atoms with E-state index in [0.717, 1.165) is 93.3 Å². The number of fused-ring (bicyclic) bond motifs is 2. The number of piperidine rings is 2. The van der Waals surface area contributed by atoms with E-state index in [0.29, 0.717) is 54.9 Å². The SMILES string of the molecule is C=CCNC(=O)c1cnc(Nc2ccc(N3CCC(CN4CCN(c5cccc6c5CN(C5CCC(=O)NC5=O)C6=O)CC4)CC3)cc2)nc1Nc1ccc2c(n1)C(O)CC2. The number of aryl methyl sites for hydroxylation is 1. The van der Waals surface area contributed by atoms with E-state index in [1.54, 1.807) is 11.0 Å². The number of anilines is 6. The zero-order chi connectivity index (χ0) is 42.0. The zero-order valence-electron chi connectivity index (χ0n) is 34.1. The van der Waals surface area contributed by atoms with Crippen LogP contribution in [0.2, 0.25) is 0 Å². The molecule has 4 aromatic rings. The Labute approximate surface area is 354 Å². The molecule has 316 valence electrons. The number of rotatable bonds is 12. The molecule has 0 bridgehead atoms. The fraction of sp³-hybridized carbons (Fsp3) is 0.400. The predicted octanol–water partition coefficient (Wildman–Crippen LogP) is 4.05. The summed E-state index contributed by atoms with van der Waals surface area (Å²) in [6, 6.07) is 17.3. The van der Waals surface area contributed by atoms with Crippen LogP contribution in [0.15, 0.2) is 73.4 Å². The molecule has 4 amide bonds. The summed E-state index contributed by atoms with van der Waals surface area (Å²) >= 11 is 0. The number of amides is 4. The van der Waals surface area contributed by atoms with Crippen molar-refractivity contribution in [3.63, 3.8) is 0 Å². The number of aromatic nitrogens is 3. The molecule has 9 rings (SSSR count). The number of benzene rings is 2. The summed E-state index contributed by atoms with van der Waals surface area (Å²) in [6.07, 6.45) is 6.71. The fourth-order valence-corrected chi connectivity index (χ4v) is 9.25. The second kappa shape index (κ2) is 17.3. The maximum absolute atomic E-state index is 13.4. The highest BCUT2D eigenvalue weighted by molar-refractivity contribution is 6.06. The van der Waals surface area contributed by atoms with Crippen LogP contribution in [0.3, 0.4) is 0 Å². The van der Waals surface area contributed by atoms with E-state index in [1.165, 1.54) is 6.20 Å². The second-order valence-electron chi connectivity index (χ2n) is 16.5. The van der Waals surface area contributed by atoms with Crippen molar-refractivity contribution >= 4 is 58.3 Å². The molecule has 2 aromatic carbocycles. The first kappa shape index (κ1) is 40.0. The number of aliphatic hydroxyl groups is 1. The normalized spacial score (nSPS) is 20.6. The largest absolute Gasteiger partial charge is 0.387 e. The summed E-state index contributed by atoms with van der Waals surface area (Å²) in [6.45, 7) is 11.0. The van der Waals surface area contributed by atoms with Gasteiger partial charge in [-0.3, -0.25) is 29.4 Å². The molecule has 61 heavy (non-hydrogen) atoms. The molecule has 0 spiro atoms. The Kier molecular flexibility index (Phi) is 11.4. The second-order valence-corrected chi connectivity index (χ2v) is 16.5. The van der Waals surface area contributed by atoms with Gasteiger partial charge in [-0.15, -0.1) is 6.58 Å². The summed E-state index contributed by atoms with van der Waals surface area (Å²) in [5.41, 5.74) is 6.58. The molecule has 0 radical (unpaired) electrons. The number of hydrogen-bond donors (Lipinski definition) is 5. The number of nitrogens with one attached hydrogen (secondary N) is 4. The van der Waals surface area contributed by atoms with Crippen molar-refractivity contribution in [2.45, 2.75) is 57.2 Å². The fourth-order valence-electron chi connectivity index (χ4n) is 9.25. The van der Waals surface area contributed by atoms with Crippen molar-refractivity contribution in [2.75, 3.05) is 72.8 Å². The molecule has 3 fully saturated rings. The molecule has 3 saturated heterocycles. The maximum atomic E-state index is 13.4. The highest BCUT2D eigenvalue weighted by atomic mass is 16.3. The number of imide groups is 1. The minimum absolute atomic E-state index is 0.137. The van der Waals surface area contributed by atoms with Gasteiger partial charge in [-0.05, 0) is 86.1 Å². The van der Waals surface area contributed by atoms with E-state index in [4.69, 9.17) is 0 Å². The molecule has 2 aromatic heterocycles. The van der Waals surface area contributed by atoms with Crippen molar-refractivity contribution in [2.24, 2.45) is 5.92 Å². The number of piperazine rings is 1. The molecule has 5 N–H and O–H groups in total. The number of nitrogens with zero attached hydrogens (tertiary/aromatic N) is 7. The Bertz CT molecular complexity index is 2340. The first-order chi connectivity index (χ1) is 29.7. The molecule has 0 saturated carbocycles. The van der Waals surface area contributed by atoms with E-state index < -0.39 is 12.1 Å². The van der Waals surface area contributed by atoms with Gasteiger partial charge in [-0.2, -0.15) is 4.98 Å². The van der Waals surface area contributed by atoms with Crippen LogP contribution in [0.1, 0.15) is 75.7 Å². The number of carbonyl (C=O) groups is 4. The van der Waals surface area contributed by atoms with E-state index in [2.05, 4.69) is 75.7 Å². The van der Waals surface area contributed by atoms with Crippen molar-refractivity contribution in [1.29, 1.82) is 0 Å². The lowest BCUT2D eigenvalue weighted by Crippen LogP contribution is -2.52. The van der Waals surface area contributed by atoms with E-state index in [9.17, 15) is 24.3 Å². The van der Waals surface area contributed by atoms with Crippen LogP contribution < -0.4 is 31.1 Å². The van der Waals surface area contributed by atoms with E-state index >= 15 is 0 Å². The number of carbonyl (C=O) groups excluding carboxylic acids is 4. The van der Waals surface area contributed by atoms with Crippen LogP contribution in [-0.2, 0) is 22.6 Å². The van der Waals surface area contributed by atoms with Crippen LogP contribution >= 0.6 is 0 Å². The summed E-state index contributed by atoms with van der Waals surface area (Å²) < 4.78 is 0. The summed E-state index contributed by atoms with van der Waals surface area (Å²) in [4.78, 5) is 73.4. The molecule has 4 aliphatic heterocycles. The number of aliphatic hydroxyl groups excluding tert-OH is 1. The molecule has 2 atom stereocenters. The third-order valence-corrected chi connectivity index (χ3v) is 12.6. The average Bonchev–Trinajstić information content (AvgIpc) is 3.82. The third-order valence-electron chi connectivity index (χ3n) is 12.6. The minimum Gasteiger partial charge on any atom is -0.387 e. The Morgan fingerprint density at radius 3 is 2.46 bits per heavy atom. The molecular formula is C45H51N11O5. The van der Waals surface area contributed by atoms with Gasteiger partial charge in [0.2, 0.25) is 17.8 Å². The topological polar surface area (TPSA) is 188 Å². The quantitative estimate of drug-likeness (QED) is 0.102. The smallest absolute Gasteiger partial charge is 0.256 e. The van der Waals surface area contributed by atoms with E-state index in [1.807, 2.05) is 36.4 Å². The van der Waals surface area contributed by atoms with Gasteiger partial charge in [0.15, 0.2) is 0 Å². The van der Waals surface area contributed by atoms with Gasteiger partial charge in [0.05, 0.1) is 11.8 Å². The highest BCUT2D eigenvalue weighted by Gasteiger charge is 2.40. The molecular weight excluding hydrogens is 775 g/mol. The summed E-state index contributed by atoms with van der Waals surface area (Å²) in [5.74, 6) is 0.546. The van der Waals surface area contributed by atoms with Gasteiger partial charge in [-0.25, -0.2) is 9.97 Å². The van der Waals surface area contributed by atoms with Crippen LogP contribution in [0.4, 0.5) is 34.6 Å². The lowest BCUT2D eigenvalue weighted by molar-refractivity contribution is -0.136. The van der Waals surface area contributed by atoms with Gasteiger partial charge in [0.25, 0.3) is 11.8 Å². The molecule has 5 aliphatic rings. The van der Waals surface area contributed by atoms with E-state index in [-0.39, 0.29) is 41.4 Å². The van der Waals surface area contributed by atoms with Crippen molar-refractivity contribution < 1.29 is 24.3 Å². The Balaban J connectivity index is 0.767. The first-order valence-corrected chi connectivity index (χ1v) is 21.3. The summed E-state index contributed by atoms with van der Waals surface area (Å²) in [5, 5.41) is 22.0. The lowest BCUT2D eigenvalue weighted by Gasteiger charge is -2.40. The monoisotopic (exact) mass is 825 g/mol. The molecule has 16 heteroatoms. The van der Waals surface area contributed by atoms with Crippen LogP contribution in [0, 0.1) is 5.92 Å². The zero-order valence-corrected chi connectivity index (χ0v) is 34.1. The maximum Gasteiger partial charge on any atom is 0.256 e. The minimum atomic E-state index is -0.616. The third kappa shape index (κ3) is 8.50. The van der Waals surface area contributed by atoms with Crippen molar-refractivity contribution in [3.05, 3.63) is 101 Å². The lowest BCUT2D eigenvalue weighted by atomic mass is 9.95. The van der Waals surface area contributed by atoms with Crippen molar-refractivity contribution in [3.8, 4) is 0 Å². The highest BCUT2D eigenvalue weighted by Crippen LogP contribution is 2.36. The average molecular weight is 826 g/mol. The van der Waals surface area contributed by atoms with Crippen molar-refractivity contribution in [1.82, 2.24) is 35.4 Å². The number of pyridine rings is 1. The van der Waals surface area contributed by atoms with Gasteiger partial charge >= 0.3 is 0 Å². The van der Waals surface area contributed by atoms with Gasteiger partial charge < -0.3 is 35.8 Å².